The molecule has 2 atom stereocenters. The molecule has 1 aliphatic rings. The lowest BCUT2D eigenvalue weighted by atomic mass is 9.75. The van der Waals surface area contributed by atoms with Crippen LogP contribution >= 0.6 is 23.2 Å². The number of benzene rings is 2. The van der Waals surface area contributed by atoms with E-state index in [-0.39, 0.29) is 5.91 Å². The molecule has 0 fully saturated rings. The molecule has 2 aromatic carbocycles. The normalized spacial score (nSPS) is 17.4. The Morgan fingerprint density at radius 1 is 1.11 bits per heavy atom. The summed E-state index contributed by atoms with van der Waals surface area (Å²) in [6.07, 6.45) is 0. The highest BCUT2D eigenvalue weighted by Gasteiger charge is 2.44. The number of carbonyl (C=O) groups is 1. The van der Waals surface area contributed by atoms with Crippen LogP contribution in [-0.4, -0.2) is 11.6 Å². The number of para-hydroxylation sites is 1. The van der Waals surface area contributed by atoms with Crippen molar-refractivity contribution in [2.75, 3.05) is 5.01 Å². The van der Waals surface area contributed by atoms with Crippen molar-refractivity contribution < 1.29 is 4.79 Å². The van der Waals surface area contributed by atoms with Crippen molar-refractivity contribution >= 4 is 40.5 Å². The number of amides is 1. The van der Waals surface area contributed by atoms with Crippen LogP contribution in [0.15, 0.2) is 53.6 Å². The van der Waals surface area contributed by atoms with E-state index < -0.39 is 17.8 Å². The van der Waals surface area contributed by atoms with Crippen LogP contribution in [0.3, 0.4) is 0 Å². The summed E-state index contributed by atoms with van der Waals surface area (Å²) < 4.78 is 0. The van der Waals surface area contributed by atoms with Crippen LogP contribution < -0.4 is 5.01 Å². The molecule has 27 heavy (non-hydrogen) atoms. The van der Waals surface area contributed by atoms with E-state index in [4.69, 9.17) is 23.2 Å². The van der Waals surface area contributed by atoms with Crippen LogP contribution in [-0.2, 0) is 4.79 Å². The third kappa shape index (κ3) is 3.53. The highest BCUT2D eigenvalue weighted by atomic mass is 35.5. The molecule has 0 bridgehead atoms. The monoisotopic (exact) mass is 396 g/mol. The molecule has 7 heteroatoms. The Kier molecular flexibility index (Phi) is 5.46. The Balaban J connectivity index is 2.08. The maximum Gasteiger partial charge on any atom is 0.256 e. The van der Waals surface area contributed by atoms with Gasteiger partial charge in [-0.05, 0) is 36.8 Å². The van der Waals surface area contributed by atoms with E-state index >= 15 is 0 Å². The Bertz CT molecular complexity index is 977. The van der Waals surface area contributed by atoms with Crippen molar-refractivity contribution in [1.29, 1.82) is 10.5 Å². The fraction of sp³-hybridized carbons (Fsp3) is 0.200. The lowest BCUT2D eigenvalue weighted by Gasteiger charge is -2.25. The minimum atomic E-state index is -1.07. The molecule has 2 unspecified atom stereocenters. The first-order valence-corrected chi connectivity index (χ1v) is 8.91. The molecular weight excluding hydrogens is 383 g/mol. The van der Waals surface area contributed by atoms with E-state index in [9.17, 15) is 15.3 Å². The molecule has 0 aromatic heterocycles. The third-order valence-electron chi connectivity index (χ3n) is 4.50. The number of hydrazone groups is 1. The van der Waals surface area contributed by atoms with Crippen LogP contribution in [0.5, 0.6) is 0 Å². The molecule has 0 saturated carbocycles. The van der Waals surface area contributed by atoms with Gasteiger partial charge in [-0.3, -0.25) is 4.79 Å². The second kappa shape index (κ2) is 7.80. The van der Waals surface area contributed by atoms with Gasteiger partial charge in [-0.1, -0.05) is 47.5 Å². The first-order valence-electron chi connectivity index (χ1n) is 8.16. The standard InChI is InChI=1S/C20H14Cl2N4O/c1-12-18(20(27)26(25-12)15-5-3-2-4-6-15)19(13(10-23)11-24)16-8-7-14(21)9-17(16)22/h2-9,13,18-19H,1H3. The maximum absolute atomic E-state index is 13.2. The quantitative estimate of drug-likeness (QED) is 0.745. The molecular formula is C20H14Cl2N4O. The van der Waals surface area contributed by atoms with Crippen molar-refractivity contribution in [3.8, 4) is 12.1 Å². The van der Waals surface area contributed by atoms with Gasteiger partial charge in [0.1, 0.15) is 5.92 Å². The van der Waals surface area contributed by atoms with Crippen molar-refractivity contribution in [2.45, 2.75) is 12.8 Å². The smallest absolute Gasteiger partial charge is 0.256 e. The van der Waals surface area contributed by atoms with Crippen LogP contribution in [0.4, 0.5) is 5.69 Å². The highest BCUT2D eigenvalue weighted by Crippen LogP contribution is 2.41. The summed E-state index contributed by atoms with van der Waals surface area (Å²) in [5, 5.41) is 25.5. The Morgan fingerprint density at radius 2 is 1.78 bits per heavy atom. The van der Waals surface area contributed by atoms with Crippen LogP contribution in [0.2, 0.25) is 10.0 Å². The maximum atomic E-state index is 13.2. The topological polar surface area (TPSA) is 80.2 Å². The van der Waals surface area contributed by atoms with E-state index in [0.29, 0.717) is 27.0 Å². The summed E-state index contributed by atoms with van der Waals surface area (Å²) >= 11 is 12.3. The average Bonchev–Trinajstić information content (AvgIpc) is 2.95. The number of halogens is 2. The summed E-state index contributed by atoms with van der Waals surface area (Å²) in [5.41, 5.74) is 1.67. The van der Waals surface area contributed by atoms with Gasteiger partial charge in [0, 0.05) is 21.7 Å². The first kappa shape index (κ1) is 18.9. The molecule has 1 heterocycles. The molecule has 5 nitrogen and oxygen atoms in total. The van der Waals surface area contributed by atoms with E-state index in [0.717, 1.165) is 0 Å². The summed E-state index contributed by atoms with van der Waals surface area (Å²) in [4.78, 5) is 13.2. The first-order chi connectivity index (χ1) is 13.0. The molecule has 3 rings (SSSR count). The van der Waals surface area contributed by atoms with Gasteiger partial charge in [-0.15, -0.1) is 0 Å². The number of nitrogens with zero attached hydrogens (tertiary/aromatic N) is 4. The van der Waals surface area contributed by atoms with E-state index in [1.807, 2.05) is 30.3 Å². The van der Waals surface area contributed by atoms with Crippen LogP contribution in [0, 0.1) is 34.5 Å². The number of carbonyl (C=O) groups excluding carboxylic acids is 1. The zero-order chi connectivity index (χ0) is 19.6. The molecule has 0 radical (unpaired) electrons. The fourth-order valence-electron chi connectivity index (χ4n) is 3.26. The van der Waals surface area contributed by atoms with Crippen molar-refractivity contribution in [3.05, 3.63) is 64.1 Å². The summed E-state index contributed by atoms with van der Waals surface area (Å²) in [6.45, 7) is 1.72. The molecule has 0 saturated heterocycles. The Labute approximate surface area is 167 Å². The van der Waals surface area contributed by atoms with Gasteiger partial charge in [0.05, 0.1) is 23.7 Å². The molecule has 0 spiro atoms. The SMILES string of the molecule is CC1=NN(c2ccccc2)C(=O)C1C(c1ccc(Cl)cc1Cl)C(C#N)C#N. The second-order valence-electron chi connectivity index (χ2n) is 6.13. The van der Waals surface area contributed by atoms with E-state index in [2.05, 4.69) is 5.10 Å². The Morgan fingerprint density at radius 3 is 2.37 bits per heavy atom. The van der Waals surface area contributed by atoms with Gasteiger partial charge >= 0.3 is 0 Å². The highest BCUT2D eigenvalue weighted by molar-refractivity contribution is 6.35. The minimum Gasteiger partial charge on any atom is -0.272 e. The largest absolute Gasteiger partial charge is 0.272 e. The summed E-state index contributed by atoms with van der Waals surface area (Å²) in [5.74, 6) is -2.90. The zero-order valence-electron chi connectivity index (χ0n) is 14.3. The minimum absolute atomic E-state index is 0.301. The number of hydrogen-bond donors (Lipinski definition) is 0. The summed E-state index contributed by atoms with van der Waals surface area (Å²) in [7, 11) is 0. The lowest BCUT2D eigenvalue weighted by molar-refractivity contribution is -0.120. The fourth-order valence-corrected chi connectivity index (χ4v) is 3.79. The average molecular weight is 397 g/mol. The van der Waals surface area contributed by atoms with Gasteiger partial charge in [0.15, 0.2) is 0 Å². The Hall–Kier alpha value is -2.86. The number of nitriles is 2. The second-order valence-corrected chi connectivity index (χ2v) is 6.98. The number of hydrogen-bond acceptors (Lipinski definition) is 4. The van der Waals surface area contributed by atoms with Gasteiger partial charge < -0.3 is 0 Å². The predicted molar refractivity (Wildman–Crippen MR) is 104 cm³/mol. The van der Waals surface area contributed by atoms with Crippen LogP contribution in [0.25, 0.3) is 0 Å². The molecule has 2 aromatic rings. The van der Waals surface area contributed by atoms with Gasteiger partial charge in [-0.25, -0.2) is 5.01 Å². The van der Waals surface area contributed by atoms with E-state index in [1.54, 1.807) is 31.2 Å². The van der Waals surface area contributed by atoms with Gasteiger partial charge in [0.2, 0.25) is 0 Å². The van der Waals surface area contributed by atoms with Crippen molar-refractivity contribution in [3.63, 3.8) is 0 Å². The molecule has 1 amide bonds. The molecule has 0 N–H and O–H groups in total. The number of rotatable bonds is 4. The molecule has 0 aliphatic carbocycles. The lowest BCUT2D eigenvalue weighted by Crippen LogP contribution is -2.34. The van der Waals surface area contributed by atoms with Gasteiger partial charge in [-0.2, -0.15) is 15.6 Å². The molecule has 134 valence electrons. The van der Waals surface area contributed by atoms with Gasteiger partial charge in [0.25, 0.3) is 5.91 Å². The van der Waals surface area contributed by atoms with Crippen molar-refractivity contribution in [2.24, 2.45) is 16.9 Å². The van der Waals surface area contributed by atoms with Crippen molar-refractivity contribution in [1.82, 2.24) is 0 Å². The van der Waals surface area contributed by atoms with E-state index in [1.165, 1.54) is 11.1 Å². The molecule has 1 aliphatic heterocycles. The van der Waals surface area contributed by atoms with Crippen LogP contribution in [0.1, 0.15) is 18.4 Å². The number of anilines is 1. The summed E-state index contributed by atoms with van der Waals surface area (Å²) in [6, 6.07) is 17.8. The predicted octanol–water partition coefficient (Wildman–Crippen LogP) is 4.78. The zero-order valence-corrected chi connectivity index (χ0v) is 15.8. The third-order valence-corrected chi connectivity index (χ3v) is 5.06.